The van der Waals surface area contributed by atoms with Crippen LogP contribution >= 0.6 is 0 Å². The third-order valence-corrected chi connectivity index (χ3v) is 4.14. The number of benzene rings is 2. The second-order valence-corrected chi connectivity index (χ2v) is 5.85. The lowest BCUT2D eigenvalue weighted by molar-refractivity contribution is -0.384. The van der Waals surface area contributed by atoms with Gasteiger partial charge in [-0.3, -0.25) is 10.1 Å². The van der Waals surface area contributed by atoms with Gasteiger partial charge in [-0.05, 0) is 17.5 Å². The molecule has 2 aromatic rings. The van der Waals surface area contributed by atoms with Gasteiger partial charge in [-0.1, -0.05) is 42.5 Å². The summed E-state index contributed by atoms with van der Waals surface area (Å²) < 4.78 is 5.74. The Morgan fingerprint density at radius 2 is 1.88 bits per heavy atom. The van der Waals surface area contributed by atoms with Crippen molar-refractivity contribution < 1.29 is 14.5 Å². The number of carbonyl (C=O) groups is 1. The molecule has 25 heavy (non-hydrogen) atoms. The summed E-state index contributed by atoms with van der Waals surface area (Å²) in [6.07, 6.45) is 0.608. The van der Waals surface area contributed by atoms with Gasteiger partial charge in [-0.15, -0.1) is 0 Å². The number of hydrogen-bond donors (Lipinski definition) is 2. The molecule has 2 amide bonds. The molecular formula is C18H19N3O4. The predicted molar refractivity (Wildman–Crippen MR) is 92.0 cm³/mol. The molecule has 1 aliphatic heterocycles. The van der Waals surface area contributed by atoms with Crippen LogP contribution in [0.25, 0.3) is 0 Å². The van der Waals surface area contributed by atoms with Crippen molar-refractivity contribution in [3.63, 3.8) is 0 Å². The summed E-state index contributed by atoms with van der Waals surface area (Å²) in [6, 6.07) is 15.5. The van der Waals surface area contributed by atoms with Crippen LogP contribution < -0.4 is 10.6 Å². The van der Waals surface area contributed by atoms with Gasteiger partial charge in [0.05, 0.1) is 11.0 Å². The minimum Gasteiger partial charge on any atom is -0.371 e. The molecule has 7 heteroatoms. The van der Waals surface area contributed by atoms with E-state index in [0.717, 1.165) is 17.5 Å². The number of carbonyl (C=O) groups excluding carboxylic acids is 1. The summed E-state index contributed by atoms with van der Waals surface area (Å²) in [4.78, 5) is 22.3. The van der Waals surface area contributed by atoms with Gasteiger partial charge >= 0.3 is 6.03 Å². The molecule has 0 aromatic heterocycles. The van der Waals surface area contributed by atoms with E-state index in [-0.39, 0.29) is 23.9 Å². The van der Waals surface area contributed by atoms with Gasteiger partial charge < -0.3 is 15.4 Å². The van der Waals surface area contributed by atoms with Crippen molar-refractivity contribution in [2.75, 3.05) is 6.61 Å². The molecule has 0 unspecified atom stereocenters. The van der Waals surface area contributed by atoms with Crippen molar-refractivity contribution in [3.8, 4) is 0 Å². The fourth-order valence-electron chi connectivity index (χ4n) is 2.85. The Bertz CT molecular complexity index is 734. The number of rotatable bonds is 5. The number of amides is 2. The zero-order valence-corrected chi connectivity index (χ0v) is 13.6. The molecule has 1 aliphatic rings. The molecule has 130 valence electrons. The lowest BCUT2D eigenvalue weighted by atomic mass is 10.0. The van der Waals surface area contributed by atoms with Crippen molar-refractivity contribution in [1.29, 1.82) is 0 Å². The van der Waals surface area contributed by atoms with E-state index in [9.17, 15) is 14.9 Å². The van der Waals surface area contributed by atoms with Crippen LogP contribution in [0.3, 0.4) is 0 Å². The largest absolute Gasteiger partial charge is 0.371 e. The molecule has 0 aliphatic carbocycles. The fraction of sp³-hybridized carbons (Fsp3) is 0.278. The van der Waals surface area contributed by atoms with Crippen LogP contribution in [0.5, 0.6) is 0 Å². The van der Waals surface area contributed by atoms with Gasteiger partial charge in [0, 0.05) is 25.3 Å². The summed E-state index contributed by atoms with van der Waals surface area (Å²) in [7, 11) is 0. The maximum Gasteiger partial charge on any atom is 0.315 e. The molecule has 1 saturated heterocycles. The molecule has 1 heterocycles. The first-order valence-corrected chi connectivity index (χ1v) is 8.08. The number of urea groups is 1. The van der Waals surface area contributed by atoms with Gasteiger partial charge in [-0.25, -0.2) is 4.79 Å². The van der Waals surface area contributed by atoms with Gasteiger partial charge in [-0.2, -0.15) is 0 Å². The quantitative estimate of drug-likeness (QED) is 0.646. The molecular weight excluding hydrogens is 322 g/mol. The molecule has 2 aromatic carbocycles. The third kappa shape index (κ3) is 4.33. The third-order valence-electron chi connectivity index (χ3n) is 4.14. The fourth-order valence-corrected chi connectivity index (χ4v) is 2.85. The first-order valence-electron chi connectivity index (χ1n) is 8.08. The molecule has 0 spiro atoms. The summed E-state index contributed by atoms with van der Waals surface area (Å²) >= 11 is 0. The Kier molecular flexibility index (Phi) is 5.25. The molecule has 1 fully saturated rings. The topological polar surface area (TPSA) is 93.5 Å². The number of hydrogen-bond acceptors (Lipinski definition) is 4. The molecule has 7 nitrogen and oxygen atoms in total. The van der Waals surface area contributed by atoms with E-state index in [2.05, 4.69) is 10.6 Å². The molecule has 3 rings (SSSR count). The minimum atomic E-state index is -0.451. The Balaban J connectivity index is 1.52. The minimum absolute atomic E-state index is 0.0296. The van der Waals surface area contributed by atoms with Crippen molar-refractivity contribution in [2.24, 2.45) is 0 Å². The van der Waals surface area contributed by atoms with E-state index in [1.54, 1.807) is 12.1 Å². The Hall–Kier alpha value is -2.93. The second kappa shape index (κ2) is 7.76. The summed E-state index contributed by atoms with van der Waals surface area (Å²) in [6.45, 7) is 0.903. The van der Waals surface area contributed by atoms with E-state index < -0.39 is 4.92 Å². The lowest BCUT2D eigenvalue weighted by Gasteiger charge is -2.20. The van der Waals surface area contributed by atoms with Crippen molar-refractivity contribution in [3.05, 3.63) is 75.8 Å². The average Bonchev–Trinajstić information content (AvgIpc) is 3.09. The lowest BCUT2D eigenvalue weighted by Crippen LogP contribution is -2.43. The number of nitrogens with one attached hydrogen (secondary N) is 2. The maximum absolute atomic E-state index is 12.1. The smallest absolute Gasteiger partial charge is 0.315 e. The van der Waals surface area contributed by atoms with Crippen LogP contribution in [0.2, 0.25) is 0 Å². The van der Waals surface area contributed by atoms with Gasteiger partial charge in [0.2, 0.25) is 0 Å². The highest BCUT2D eigenvalue weighted by Gasteiger charge is 2.30. The van der Waals surface area contributed by atoms with Gasteiger partial charge in [0.15, 0.2) is 0 Å². The standard InChI is InChI=1S/C18H19N3O4/c22-18(19-12-13-6-8-15(9-7-13)21(23)24)20-16-10-11-25-17(16)14-4-2-1-3-5-14/h1-9,16-17H,10-12H2,(H2,19,20,22)/t16-,17-/m1/s1. The van der Waals surface area contributed by atoms with Crippen LogP contribution in [0.1, 0.15) is 23.7 Å². The number of nitro benzene ring substituents is 1. The number of nitro groups is 1. The van der Waals surface area contributed by atoms with Crippen LogP contribution in [-0.2, 0) is 11.3 Å². The molecule has 2 atom stereocenters. The van der Waals surface area contributed by atoms with Crippen molar-refractivity contribution in [1.82, 2.24) is 10.6 Å². The van der Waals surface area contributed by atoms with Crippen molar-refractivity contribution >= 4 is 11.7 Å². The van der Waals surface area contributed by atoms with E-state index in [4.69, 9.17) is 4.74 Å². The molecule has 2 N–H and O–H groups in total. The second-order valence-electron chi connectivity index (χ2n) is 5.85. The first kappa shape index (κ1) is 16.9. The van der Waals surface area contributed by atoms with Crippen LogP contribution in [0.4, 0.5) is 10.5 Å². The van der Waals surface area contributed by atoms with E-state index in [0.29, 0.717) is 13.2 Å². The van der Waals surface area contributed by atoms with Crippen LogP contribution in [-0.4, -0.2) is 23.6 Å². The van der Waals surface area contributed by atoms with Crippen LogP contribution in [0, 0.1) is 10.1 Å². The van der Waals surface area contributed by atoms with E-state index in [1.165, 1.54) is 12.1 Å². The average molecular weight is 341 g/mol. The monoisotopic (exact) mass is 341 g/mol. The normalized spacial score (nSPS) is 19.4. The van der Waals surface area contributed by atoms with Gasteiger partial charge in [0.1, 0.15) is 6.10 Å². The Labute approximate surface area is 145 Å². The highest BCUT2D eigenvalue weighted by atomic mass is 16.6. The zero-order chi connectivity index (χ0) is 17.6. The van der Waals surface area contributed by atoms with Crippen molar-refractivity contribution in [2.45, 2.75) is 25.1 Å². The summed E-state index contributed by atoms with van der Waals surface area (Å²) in [5, 5.41) is 16.3. The summed E-state index contributed by atoms with van der Waals surface area (Å²) in [5.41, 5.74) is 1.87. The SMILES string of the molecule is O=C(NCc1ccc([N+](=O)[O-])cc1)N[C@@H]1CCO[C@@H]1c1ccccc1. The number of non-ortho nitro benzene ring substituents is 1. The van der Waals surface area contributed by atoms with E-state index in [1.807, 2.05) is 30.3 Å². The predicted octanol–water partition coefficient (Wildman–Crippen LogP) is 2.92. The Morgan fingerprint density at radius 1 is 1.16 bits per heavy atom. The molecule has 0 bridgehead atoms. The van der Waals surface area contributed by atoms with Crippen LogP contribution in [0.15, 0.2) is 54.6 Å². The highest BCUT2D eigenvalue weighted by Crippen LogP contribution is 2.28. The number of ether oxygens (including phenoxy) is 1. The zero-order valence-electron chi connectivity index (χ0n) is 13.6. The first-order chi connectivity index (χ1) is 12.1. The Morgan fingerprint density at radius 3 is 2.56 bits per heavy atom. The highest BCUT2D eigenvalue weighted by molar-refractivity contribution is 5.74. The van der Waals surface area contributed by atoms with E-state index >= 15 is 0 Å². The van der Waals surface area contributed by atoms with Gasteiger partial charge in [0.25, 0.3) is 5.69 Å². The summed E-state index contributed by atoms with van der Waals surface area (Å²) in [5.74, 6) is 0. The number of nitrogens with zero attached hydrogens (tertiary/aromatic N) is 1. The molecule has 0 saturated carbocycles. The molecule has 0 radical (unpaired) electrons. The maximum atomic E-state index is 12.1.